The Kier molecular flexibility index (Phi) is 4.66. The Hall–Kier alpha value is -1.88. The van der Waals surface area contributed by atoms with Crippen molar-refractivity contribution in [2.24, 2.45) is 5.73 Å². The number of aromatic carboxylic acids is 1. The van der Waals surface area contributed by atoms with E-state index < -0.39 is 11.9 Å². The van der Waals surface area contributed by atoms with Crippen LogP contribution in [0.15, 0.2) is 24.3 Å². The normalized spacial score (nSPS) is 10.5. The summed E-state index contributed by atoms with van der Waals surface area (Å²) in [5.74, 6) is -1.38. The first-order chi connectivity index (χ1) is 8.04. The van der Waals surface area contributed by atoms with Crippen LogP contribution in [0.5, 0.6) is 0 Å². The molecular formula is C12H16N2O3. The van der Waals surface area contributed by atoms with Crippen LogP contribution in [0.1, 0.15) is 22.8 Å². The van der Waals surface area contributed by atoms with Gasteiger partial charge in [-0.15, -0.1) is 0 Å². The summed E-state index contributed by atoms with van der Waals surface area (Å²) in [5, 5.41) is 9.02. The number of hydrogen-bond acceptors (Lipinski definition) is 3. The third kappa shape index (κ3) is 3.88. The van der Waals surface area contributed by atoms with E-state index >= 15 is 0 Å². The van der Waals surface area contributed by atoms with Crippen molar-refractivity contribution in [3.8, 4) is 0 Å². The van der Waals surface area contributed by atoms with E-state index in [9.17, 15) is 9.59 Å². The average Bonchev–Trinajstić information content (AvgIpc) is 2.28. The minimum Gasteiger partial charge on any atom is -0.478 e. The molecule has 0 aromatic heterocycles. The third-order valence-corrected chi connectivity index (χ3v) is 2.47. The van der Waals surface area contributed by atoms with Crippen molar-refractivity contribution < 1.29 is 14.7 Å². The summed E-state index contributed by atoms with van der Waals surface area (Å²) in [6.07, 6.45) is 0. The van der Waals surface area contributed by atoms with Crippen LogP contribution in [-0.4, -0.2) is 35.0 Å². The first-order valence-corrected chi connectivity index (χ1v) is 5.36. The van der Waals surface area contributed by atoms with Crippen LogP contribution in [0.25, 0.3) is 0 Å². The highest BCUT2D eigenvalue weighted by Gasteiger charge is 2.13. The molecule has 0 fully saturated rings. The fourth-order valence-electron chi connectivity index (χ4n) is 1.61. The lowest BCUT2D eigenvalue weighted by Gasteiger charge is -2.19. The van der Waals surface area contributed by atoms with Crippen molar-refractivity contribution in [1.29, 1.82) is 0 Å². The Morgan fingerprint density at radius 2 is 2.00 bits per heavy atom. The summed E-state index contributed by atoms with van der Waals surface area (Å²) in [6, 6.07) is 6.75. The van der Waals surface area contributed by atoms with Gasteiger partial charge in [-0.05, 0) is 18.2 Å². The van der Waals surface area contributed by atoms with Crippen molar-refractivity contribution in [2.75, 3.05) is 13.1 Å². The number of amides is 1. The van der Waals surface area contributed by atoms with E-state index in [0.717, 1.165) is 0 Å². The molecule has 0 atom stereocenters. The number of likely N-dealkylation sites (N-methyl/N-ethyl adjacent to an activating group) is 1. The third-order valence-electron chi connectivity index (χ3n) is 2.47. The smallest absolute Gasteiger partial charge is 0.336 e. The number of carboxylic acid groups (broad SMARTS) is 1. The predicted molar refractivity (Wildman–Crippen MR) is 63.5 cm³/mol. The molecular weight excluding hydrogens is 220 g/mol. The van der Waals surface area contributed by atoms with Gasteiger partial charge in [-0.1, -0.05) is 25.1 Å². The molecule has 5 nitrogen and oxygen atoms in total. The van der Waals surface area contributed by atoms with Gasteiger partial charge in [-0.2, -0.15) is 0 Å². The number of nitrogens with zero attached hydrogens (tertiary/aromatic N) is 1. The van der Waals surface area contributed by atoms with Gasteiger partial charge in [0.15, 0.2) is 0 Å². The highest BCUT2D eigenvalue weighted by atomic mass is 16.4. The topological polar surface area (TPSA) is 83.6 Å². The summed E-state index contributed by atoms with van der Waals surface area (Å²) < 4.78 is 0. The molecule has 92 valence electrons. The molecule has 5 heteroatoms. The molecule has 0 aliphatic heterocycles. The first-order valence-electron chi connectivity index (χ1n) is 5.36. The zero-order valence-electron chi connectivity index (χ0n) is 9.72. The number of carboxylic acids is 1. The maximum atomic E-state index is 11.0. The summed E-state index contributed by atoms with van der Waals surface area (Å²) >= 11 is 0. The summed E-state index contributed by atoms with van der Waals surface area (Å²) in [4.78, 5) is 23.6. The van der Waals surface area contributed by atoms with E-state index in [1.807, 2.05) is 6.92 Å². The molecule has 0 bridgehead atoms. The van der Waals surface area contributed by atoms with Gasteiger partial charge < -0.3 is 10.8 Å². The number of rotatable bonds is 6. The second-order valence-electron chi connectivity index (χ2n) is 3.73. The quantitative estimate of drug-likeness (QED) is 0.761. The van der Waals surface area contributed by atoms with E-state index in [4.69, 9.17) is 10.8 Å². The van der Waals surface area contributed by atoms with Gasteiger partial charge in [0.25, 0.3) is 0 Å². The fraction of sp³-hybridized carbons (Fsp3) is 0.333. The van der Waals surface area contributed by atoms with Gasteiger partial charge in [-0.25, -0.2) is 4.79 Å². The Bertz CT molecular complexity index is 418. The molecule has 0 saturated carbocycles. The number of hydrogen-bond donors (Lipinski definition) is 2. The molecule has 0 spiro atoms. The van der Waals surface area contributed by atoms with Crippen LogP contribution in [0.2, 0.25) is 0 Å². The Morgan fingerprint density at radius 1 is 1.35 bits per heavy atom. The first kappa shape index (κ1) is 13.2. The minimum absolute atomic E-state index is 0.129. The number of nitrogens with two attached hydrogens (primary N) is 1. The maximum absolute atomic E-state index is 11.0. The second-order valence-corrected chi connectivity index (χ2v) is 3.73. The lowest BCUT2D eigenvalue weighted by molar-refractivity contribution is -0.119. The molecule has 1 aromatic carbocycles. The van der Waals surface area contributed by atoms with Gasteiger partial charge in [0.05, 0.1) is 12.1 Å². The SMILES string of the molecule is CCN(CC(N)=O)Cc1ccccc1C(=O)O. The van der Waals surface area contributed by atoms with Crippen LogP contribution in [0.4, 0.5) is 0 Å². The average molecular weight is 236 g/mol. The van der Waals surface area contributed by atoms with Crippen molar-refractivity contribution >= 4 is 11.9 Å². The van der Waals surface area contributed by atoms with Crippen molar-refractivity contribution in [3.63, 3.8) is 0 Å². The molecule has 0 aliphatic carbocycles. The van der Waals surface area contributed by atoms with Gasteiger partial charge in [0.1, 0.15) is 0 Å². The van der Waals surface area contributed by atoms with Gasteiger partial charge in [-0.3, -0.25) is 9.69 Å². The van der Waals surface area contributed by atoms with Crippen molar-refractivity contribution in [1.82, 2.24) is 4.90 Å². The molecule has 0 saturated heterocycles. The lowest BCUT2D eigenvalue weighted by Crippen LogP contribution is -2.33. The summed E-state index contributed by atoms with van der Waals surface area (Å²) in [6.45, 7) is 3.07. The fourth-order valence-corrected chi connectivity index (χ4v) is 1.61. The highest BCUT2D eigenvalue weighted by molar-refractivity contribution is 5.89. The van der Waals surface area contributed by atoms with Crippen LogP contribution in [0, 0.1) is 0 Å². The molecule has 0 heterocycles. The highest BCUT2D eigenvalue weighted by Crippen LogP contribution is 2.11. The molecule has 0 radical (unpaired) electrons. The van der Waals surface area contributed by atoms with Gasteiger partial charge in [0, 0.05) is 6.54 Å². The number of carbonyl (C=O) groups is 2. The van der Waals surface area contributed by atoms with E-state index in [2.05, 4.69) is 0 Å². The molecule has 0 aliphatic rings. The second kappa shape index (κ2) is 6.00. The Labute approximate surface area is 99.8 Å². The molecule has 1 rings (SSSR count). The molecule has 1 amide bonds. The van der Waals surface area contributed by atoms with E-state index in [-0.39, 0.29) is 12.1 Å². The van der Waals surface area contributed by atoms with Gasteiger partial charge in [0.2, 0.25) is 5.91 Å². The Balaban J connectivity index is 2.85. The zero-order chi connectivity index (χ0) is 12.8. The van der Waals surface area contributed by atoms with Crippen LogP contribution < -0.4 is 5.73 Å². The van der Waals surface area contributed by atoms with E-state index in [1.165, 1.54) is 0 Å². The Morgan fingerprint density at radius 3 is 2.53 bits per heavy atom. The number of primary amides is 1. The van der Waals surface area contributed by atoms with E-state index in [1.54, 1.807) is 29.2 Å². The number of carbonyl (C=O) groups excluding carboxylic acids is 1. The molecule has 1 aromatic rings. The maximum Gasteiger partial charge on any atom is 0.336 e. The van der Waals surface area contributed by atoms with Crippen molar-refractivity contribution in [2.45, 2.75) is 13.5 Å². The molecule has 3 N–H and O–H groups in total. The van der Waals surface area contributed by atoms with Crippen LogP contribution >= 0.6 is 0 Å². The lowest BCUT2D eigenvalue weighted by atomic mass is 10.1. The minimum atomic E-state index is -0.962. The predicted octanol–water partition coefficient (Wildman–Crippen LogP) is 0.692. The van der Waals surface area contributed by atoms with Crippen molar-refractivity contribution in [3.05, 3.63) is 35.4 Å². The largest absolute Gasteiger partial charge is 0.478 e. The zero-order valence-corrected chi connectivity index (χ0v) is 9.72. The van der Waals surface area contributed by atoms with Crippen LogP contribution in [0.3, 0.4) is 0 Å². The monoisotopic (exact) mass is 236 g/mol. The molecule has 17 heavy (non-hydrogen) atoms. The van der Waals surface area contributed by atoms with E-state index in [0.29, 0.717) is 18.7 Å². The summed E-state index contributed by atoms with van der Waals surface area (Å²) in [5.41, 5.74) is 6.07. The van der Waals surface area contributed by atoms with Crippen LogP contribution in [-0.2, 0) is 11.3 Å². The molecule has 0 unspecified atom stereocenters. The standard InChI is InChI=1S/C12H16N2O3/c1-2-14(8-11(13)15)7-9-5-3-4-6-10(9)12(16)17/h3-6H,2,7-8H2,1H3,(H2,13,15)(H,16,17). The van der Waals surface area contributed by atoms with Gasteiger partial charge >= 0.3 is 5.97 Å². The summed E-state index contributed by atoms with van der Waals surface area (Å²) in [7, 11) is 0. The number of benzene rings is 1.